The molecule has 0 bridgehead atoms. The fourth-order valence-electron chi connectivity index (χ4n) is 0.934. The molecule has 1 rings (SSSR count). The first-order valence-corrected chi connectivity index (χ1v) is 5.64. The van der Waals surface area contributed by atoms with Gasteiger partial charge in [0.15, 0.2) is 0 Å². The third-order valence-electron chi connectivity index (χ3n) is 2.01. The lowest BCUT2D eigenvalue weighted by molar-refractivity contribution is 0.0906. The molecule has 1 amide bonds. The van der Waals surface area contributed by atoms with Gasteiger partial charge in [-0.05, 0) is 6.92 Å². The molecule has 0 aliphatic heterocycles. The van der Waals surface area contributed by atoms with Crippen LogP contribution in [0.1, 0.15) is 29.3 Å². The van der Waals surface area contributed by atoms with Crippen LogP contribution in [-0.2, 0) is 0 Å². The average molecular weight is 228 g/mol. The Kier molecular flexibility index (Phi) is 3.82. The van der Waals surface area contributed by atoms with E-state index in [4.69, 9.17) is 5.11 Å². The van der Waals surface area contributed by atoms with Crippen LogP contribution in [0.5, 0.6) is 0 Å². The van der Waals surface area contributed by atoms with Gasteiger partial charge in [-0.25, -0.2) is 4.98 Å². The number of nitrogens with zero attached hydrogens (tertiary/aromatic N) is 1. The number of aliphatic hydroxyl groups is 1. The predicted molar refractivity (Wildman–Crippen MR) is 60.1 cm³/mol. The molecule has 1 aromatic heterocycles. The SMILES string of the molecule is Cc1nc(C(=O)NCC(C)(C)CO)cs1. The summed E-state index contributed by atoms with van der Waals surface area (Å²) in [6.45, 7) is 6.13. The number of hydrogen-bond acceptors (Lipinski definition) is 4. The fourth-order valence-corrected chi connectivity index (χ4v) is 1.53. The molecule has 0 spiro atoms. The first-order valence-electron chi connectivity index (χ1n) is 4.76. The van der Waals surface area contributed by atoms with Crippen LogP contribution in [0.15, 0.2) is 5.38 Å². The third-order valence-corrected chi connectivity index (χ3v) is 2.78. The molecule has 1 heterocycles. The Bertz CT molecular complexity index is 347. The Balaban J connectivity index is 2.50. The normalized spacial score (nSPS) is 11.5. The number of aliphatic hydroxyl groups excluding tert-OH is 1. The number of hydrogen-bond donors (Lipinski definition) is 2. The van der Waals surface area contributed by atoms with Crippen LogP contribution in [0, 0.1) is 12.3 Å². The summed E-state index contributed by atoms with van der Waals surface area (Å²) in [5.74, 6) is -0.180. The standard InChI is InChI=1S/C10H16N2O2S/c1-7-12-8(4-15-7)9(14)11-5-10(2,3)6-13/h4,13H,5-6H2,1-3H3,(H,11,14). The summed E-state index contributed by atoms with van der Waals surface area (Å²) in [6, 6.07) is 0. The summed E-state index contributed by atoms with van der Waals surface area (Å²) in [7, 11) is 0. The number of aromatic nitrogens is 1. The zero-order valence-electron chi connectivity index (χ0n) is 9.20. The molecule has 5 heteroatoms. The van der Waals surface area contributed by atoms with Crippen LogP contribution in [-0.4, -0.2) is 29.1 Å². The molecule has 84 valence electrons. The van der Waals surface area contributed by atoms with Gasteiger partial charge < -0.3 is 10.4 Å². The monoisotopic (exact) mass is 228 g/mol. The molecule has 4 nitrogen and oxygen atoms in total. The highest BCUT2D eigenvalue weighted by Gasteiger charge is 2.18. The van der Waals surface area contributed by atoms with Crippen molar-refractivity contribution in [2.75, 3.05) is 13.2 Å². The highest BCUT2D eigenvalue weighted by Crippen LogP contribution is 2.12. The Morgan fingerprint density at radius 1 is 1.67 bits per heavy atom. The molecule has 0 saturated heterocycles. The molecular formula is C10H16N2O2S. The molecular weight excluding hydrogens is 212 g/mol. The highest BCUT2D eigenvalue weighted by molar-refractivity contribution is 7.09. The van der Waals surface area contributed by atoms with E-state index >= 15 is 0 Å². The summed E-state index contributed by atoms with van der Waals surface area (Å²) in [4.78, 5) is 15.7. The molecule has 0 aromatic carbocycles. The lowest BCUT2D eigenvalue weighted by Crippen LogP contribution is -2.36. The second-order valence-corrected chi connectivity index (χ2v) is 5.32. The van der Waals surface area contributed by atoms with Gasteiger partial charge in [0.1, 0.15) is 5.69 Å². The van der Waals surface area contributed by atoms with Gasteiger partial charge in [-0.2, -0.15) is 0 Å². The van der Waals surface area contributed by atoms with Crippen molar-refractivity contribution in [3.8, 4) is 0 Å². The van der Waals surface area contributed by atoms with Gasteiger partial charge in [0.25, 0.3) is 5.91 Å². The first-order chi connectivity index (χ1) is 6.94. The molecule has 0 aliphatic carbocycles. The van der Waals surface area contributed by atoms with E-state index in [1.165, 1.54) is 11.3 Å². The average Bonchev–Trinajstić information content (AvgIpc) is 2.61. The Labute approximate surface area is 93.4 Å². The van der Waals surface area contributed by atoms with E-state index in [1.807, 2.05) is 20.8 Å². The van der Waals surface area contributed by atoms with Gasteiger partial charge in [0.2, 0.25) is 0 Å². The number of carbonyl (C=O) groups is 1. The van der Waals surface area contributed by atoms with Gasteiger partial charge in [-0.3, -0.25) is 4.79 Å². The molecule has 0 saturated carbocycles. The summed E-state index contributed by atoms with van der Waals surface area (Å²) < 4.78 is 0. The minimum absolute atomic E-state index is 0.0450. The van der Waals surface area contributed by atoms with E-state index in [2.05, 4.69) is 10.3 Å². The van der Waals surface area contributed by atoms with Crippen molar-refractivity contribution in [2.45, 2.75) is 20.8 Å². The predicted octanol–water partition coefficient (Wildman–Crippen LogP) is 1.20. The topological polar surface area (TPSA) is 62.2 Å². The summed E-state index contributed by atoms with van der Waals surface area (Å²) in [5, 5.41) is 14.4. The molecule has 0 fully saturated rings. The fraction of sp³-hybridized carbons (Fsp3) is 0.600. The molecule has 0 unspecified atom stereocenters. The van der Waals surface area contributed by atoms with E-state index in [-0.39, 0.29) is 17.9 Å². The van der Waals surface area contributed by atoms with E-state index in [1.54, 1.807) is 5.38 Å². The minimum atomic E-state index is -0.291. The number of aryl methyl sites for hydroxylation is 1. The number of nitrogens with one attached hydrogen (secondary N) is 1. The third kappa shape index (κ3) is 3.60. The van der Waals surface area contributed by atoms with Gasteiger partial charge in [-0.1, -0.05) is 13.8 Å². The molecule has 2 N–H and O–H groups in total. The van der Waals surface area contributed by atoms with E-state index in [0.717, 1.165) is 5.01 Å². The van der Waals surface area contributed by atoms with Crippen LogP contribution in [0.25, 0.3) is 0 Å². The number of carbonyl (C=O) groups excluding carboxylic acids is 1. The van der Waals surface area contributed by atoms with Gasteiger partial charge in [0, 0.05) is 23.9 Å². The van der Waals surface area contributed by atoms with Gasteiger partial charge in [-0.15, -0.1) is 11.3 Å². The molecule has 15 heavy (non-hydrogen) atoms. The van der Waals surface area contributed by atoms with Crippen molar-refractivity contribution in [2.24, 2.45) is 5.41 Å². The van der Waals surface area contributed by atoms with Crippen molar-refractivity contribution in [3.05, 3.63) is 16.1 Å². The van der Waals surface area contributed by atoms with E-state index in [9.17, 15) is 4.79 Å². The zero-order chi connectivity index (χ0) is 11.5. The molecule has 0 radical (unpaired) electrons. The summed E-state index contributed by atoms with van der Waals surface area (Å²) in [6.07, 6.45) is 0. The minimum Gasteiger partial charge on any atom is -0.396 e. The zero-order valence-corrected chi connectivity index (χ0v) is 10.0. The van der Waals surface area contributed by atoms with Crippen LogP contribution in [0.3, 0.4) is 0 Å². The lowest BCUT2D eigenvalue weighted by atomic mass is 9.95. The lowest BCUT2D eigenvalue weighted by Gasteiger charge is -2.21. The van der Waals surface area contributed by atoms with Crippen LogP contribution >= 0.6 is 11.3 Å². The summed E-state index contributed by atoms with van der Waals surface area (Å²) in [5.41, 5.74) is 0.159. The van der Waals surface area contributed by atoms with Crippen molar-refractivity contribution in [3.63, 3.8) is 0 Å². The van der Waals surface area contributed by atoms with Crippen molar-refractivity contribution in [1.82, 2.24) is 10.3 Å². The maximum Gasteiger partial charge on any atom is 0.270 e. The smallest absolute Gasteiger partial charge is 0.270 e. The summed E-state index contributed by atoms with van der Waals surface area (Å²) >= 11 is 1.45. The second-order valence-electron chi connectivity index (χ2n) is 4.26. The number of thiazole rings is 1. The van der Waals surface area contributed by atoms with Crippen LogP contribution < -0.4 is 5.32 Å². The Morgan fingerprint density at radius 3 is 2.80 bits per heavy atom. The molecule has 0 aliphatic rings. The van der Waals surface area contributed by atoms with Gasteiger partial charge in [0.05, 0.1) is 5.01 Å². The number of rotatable bonds is 4. The second kappa shape index (κ2) is 4.72. The molecule has 0 atom stereocenters. The van der Waals surface area contributed by atoms with Crippen molar-refractivity contribution < 1.29 is 9.90 Å². The van der Waals surface area contributed by atoms with Crippen LogP contribution in [0.2, 0.25) is 0 Å². The number of amides is 1. The quantitative estimate of drug-likeness (QED) is 0.814. The first kappa shape index (κ1) is 12.1. The van der Waals surface area contributed by atoms with E-state index in [0.29, 0.717) is 12.2 Å². The maximum absolute atomic E-state index is 11.6. The Hall–Kier alpha value is -0.940. The Morgan fingerprint density at radius 2 is 2.33 bits per heavy atom. The largest absolute Gasteiger partial charge is 0.396 e. The maximum atomic E-state index is 11.6. The van der Waals surface area contributed by atoms with Gasteiger partial charge >= 0.3 is 0 Å². The van der Waals surface area contributed by atoms with E-state index < -0.39 is 0 Å². The molecule has 1 aromatic rings. The van der Waals surface area contributed by atoms with Crippen molar-refractivity contribution in [1.29, 1.82) is 0 Å². The highest BCUT2D eigenvalue weighted by atomic mass is 32.1. The van der Waals surface area contributed by atoms with Crippen LogP contribution in [0.4, 0.5) is 0 Å². The van der Waals surface area contributed by atoms with Crippen molar-refractivity contribution >= 4 is 17.2 Å².